The first-order valence-corrected chi connectivity index (χ1v) is 9.73. The molecule has 1 aliphatic heterocycles. The van der Waals surface area contributed by atoms with E-state index in [1.165, 1.54) is 0 Å². The summed E-state index contributed by atoms with van der Waals surface area (Å²) in [6.45, 7) is 8.32. The van der Waals surface area contributed by atoms with Crippen molar-refractivity contribution in [3.63, 3.8) is 0 Å². The molecule has 1 aliphatic rings. The molecule has 3 aromatic rings. The zero-order valence-corrected chi connectivity index (χ0v) is 16.9. The smallest absolute Gasteiger partial charge is 0.399 e. The Bertz CT molecular complexity index is 886. The predicted molar refractivity (Wildman–Crippen MR) is 117 cm³/mol. The molecule has 0 bridgehead atoms. The minimum atomic E-state index is -0.377. The van der Waals surface area contributed by atoms with Crippen LogP contribution in [0.1, 0.15) is 27.7 Å². The van der Waals surface area contributed by atoms with Crippen LogP contribution in [0.3, 0.4) is 0 Å². The van der Waals surface area contributed by atoms with Crippen LogP contribution in [-0.2, 0) is 9.31 Å². The molecule has 3 nitrogen and oxygen atoms in total. The third kappa shape index (κ3) is 3.46. The number of rotatable bonds is 4. The fraction of sp³-hybridized carbons (Fsp3) is 0.250. The number of anilines is 3. The van der Waals surface area contributed by atoms with Crippen molar-refractivity contribution in [2.45, 2.75) is 38.9 Å². The van der Waals surface area contributed by atoms with Crippen LogP contribution in [0.25, 0.3) is 0 Å². The molecule has 142 valence electrons. The van der Waals surface area contributed by atoms with Gasteiger partial charge in [-0.2, -0.15) is 0 Å². The van der Waals surface area contributed by atoms with Crippen LogP contribution in [0.5, 0.6) is 0 Å². The molecule has 0 aromatic heterocycles. The van der Waals surface area contributed by atoms with Crippen molar-refractivity contribution >= 4 is 29.6 Å². The van der Waals surface area contributed by atoms with Crippen LogP contribution in [0.2, 0.25) is 0 Å². The monoisotopic (exact) mass is 371 g/mol. The molecule has 0 unspecified atom stereocenters. The maximum Gasteiger partial charge on any atom is 0.494 e. The first kappa shape index (κ1) is 18.8. The Hall–Kier alpha value is -2.56. The van der Waals surface area contributed by atoms with Gasteiger partial charge in [-0.15, -0.1) is 0 Å². The number of para-hydroxylation sites is 2. The predicted octanol–water partition coefficient (Wildman–Crippen LogP) is 5.46. The molecule has 1 fully saturated rings. The highest BCUT2D eigenvalue weighted by Crippen LogP contribution is 2.37. The quantitative estimate of drug-likeness (QED) is 0.569. The van der Waals surface area contributed by atoms with Crippen molar-refractivity contribution in [1.29, 1.82) is 0 Å². The third-order valence-electron chi connectivity index (χ3n) is 5.68. The SMILES string of the molecule is CC1(C)OB(c2cccc(N(c3ccccc3)c3ccccc3)c2)OC1(C)C. The largest absolute Gasteiger partial charge is 0.494 e. The molecule has 0 amide bonds. The molecule has 3 aromatic carbocycles. The molecule has 0 aliphatic carbocycles. The van der Waals surface area contributed by atoms with Crippen LogP contribution < -0.4 is 10.4 Å². The summed E-state index contributed by atoms with van der Waals surface area (Å²) in [6, 6.07) is 29.2. The van der Waals surface area contributed by atoms with E-state index < -0.39 is 0 Å². The molecule has 0 radical (unpaired) electrons. The van der Waals surface area contributed by atoms with Crippen LogP contribution in [0.15, 0.2) is 84.9 Å². The summed E-state index contributed by atoms with van der Waals surface area (Å²) in [4.78, 5) is 2.24. The van der Waals surface area contributed by atoms with E-state index in [9.17, 15) is 0 Å². The van der Waals surface area contributed by atoms with Crippen molar-refractivity contribution in [2.24, 2.45) is 0 Å². The van der Waals surface area contributed by atoms with Crippen molar-refractivity contribution in [3.05, 3.63) is 84.9 Å². The van der Waals surface area contributed by atoms with Gasteiger partial charge >= 0.3 is 7.12 Å². The minimum absolute atomic E-state index is 0.355. The molecular formula is C24H26BNO2. The average Bonchev–Trinajstić information content (AvgIpc) is 2.91. The third-order valence-corrected chi connectivity index (χ3v) is 5.68. The summed E-state index contributed by atoms with van der Waals surface area (Å²) >= 11 is 0. The van der Waals surface area contributed by atoms with E-state index in [1.54, 1.807) is 0 Å². The van der Waals surface area contributed by atoms with Gasteiger partial charge in [0, 0.05) is 17.1 Å². The summed E-state index contributed by atoms with van der Waals surface area (Å²) in [5, 5.41) is 0. The first-order chi connectivity index (χ1) is 13.4. The Balaban J connectivity index is 1.74. The van der Waals surface area contributed by atoms with Gasteiger partial charge in [-0.05, 0) is 69.6 Å². The lowest BCUT2D eigenvalue weighted by Crippen LogP contribution is -2.41. The molecule has 0 N–H and O–H groups in total. The highest BCUT2D eigenvalue weighted by atomic mass is 16.7. The molecule has 28 heavy (non-hydrogen) atoms. The highest BCUT2D eigenvalue weighted by Gasteiger charge is 2.51. The zero-order valence-electron chi connectivity index (χ0n) is 16.9. The Morgan fingerprint density at radius 1 is 0.607 bits per heavy atom. The normalized spacial score (nSPS) is 17.5. The van der Waals surface area contributed by atoms with Gasteiger partial charge < -0.3 is 14.2 Å². The Labute approximate surface area is 168 Å². The first-order valence-electron chi connectivity index (χ1n) is 9.73. The molecule has 0 atom stereocenters. The summed E-state index contributed by atoms with van der Waals surface area (Å²) < 4.78 is 12.5. The lowest BCUT2D eigenvalue weighted by molar-refractivity contribution is 0.00578. The van der Waals surface area contributed by atoms with E-state index in [2.05, 4.69) is 105 Å². The van der Waals surface area contributed by atoms with Gasteiger partial charge in [0.1, 0.15) is 0 Å². The Morgan fingerprint density at radius 3 is 1.57 bits per heavy atom. The topological polar surface area (TPSA) is 21.7 Å². The average molecular weight is 371 g/mol. The van der Waals surface area contributed by atoms with Crippen molar-refractivity contribution in [3.8, 4) is 0 Å². The van der Waals surface area contributed by atoms with E-state index >= 15 is 0 Å². The zero-order chi connectivity index (χ0) is 19.8. The fourth-order valence-electron chi connectivity index (χ4n) is 3.39. The second kappa shape index (κ2) is 7.12. The maximum atomic E-state index is 6.26. The van der Waals surface area contributed by atoms with E-state index in [-0.39, 0.29) is 18.3 Å². The Kier molecular flexibility index (Phi) is 4.78. The second-order valence-electron chi connectivity index (χ2n) is 8.19. The lowest BCUT2D eigenvalue weighted by Gasteiger charge is -2.32. The van der Waals surface area contributed by atoms with Crippen LogP contribution in [0.4, 0.5) is 17.1 Å². The summed E-state index contributed by atoms with van der Waals surface area (Å²) in [5.74, 6) is 0. The van der Waals surface area contributed by atoms with Gasteiger partial charge in [-0.1, -0.05) is 48.5 Å². The maximum absolute atomic E-state index is 6.26. The molecule has 1 heterocycles. The van der Waals surface area contributed by atoms with Gasteiger partial charge in [0.15, 0.2) is 0 Å². The number of hydrogen-bond donors (Lipinski definition) is 0. The number of nitrogens with zero attached hydrogens (tertiary/aromatic N) is 1. The van der Waals surface area contributed by atoms with E-state index in [1.807, 2.05) is 12.1 Å². The van der Waals surface area contributed by atoms with Gasteiger partial charge in [0.2, 0.25) is 0 Å². The minimum Gasteiger partial charge on any atom is -0.399 e. The lowest BCUT2D eigenvalue weighted by atomic mass is 9.79. The Morgan fingerprint density at radius 2 is 1.07 bits per heavy atom. The second-order valence-corrected chi connectivity index (χ2v) is 8.19. The summed E-state index contributed by atoms with van der Waals surface area (Å²) in [6.07, 6.45) is 0. The van der Waals surface area contributed by atoms with E-state index in [4.69, 9.17) is 9.31 Å². The fourth-order valence-corrected chi connectivity index (χ4v) is 3.39. The number of hydrogen-bond acceptors (Lipinski definition) is 3. The standard InChI is InChI=1S/C24H26BNO2/c1-23(2)24(3,4)28-25(27-23)19-12-11-17-22(18-19)26(20-13-7-5-8-14-20)21-15-9-6-10-16-21/h5-18H,1-4H3. The van der Waals surface area contributed by atoms with Crippen LogP contribution >= 0.6 is 0 Å². The van der Waals surface area contributed by atoms with Gasteiger partial charge in [0.25, 0.3) is 0 Å². The summed E-state index contributed by atoms with van der Waals surface area (Å²) in [7, 11) is -0.377. The van der Waals surface area contributed by atoms with Gasteiger partial charge in [-0.25, -0.2) is 0 Å². The molecular weight excluding hydrogens is 345 g/mol. The molecule has 4 rings (SSSR count). The van der Waals surface area contributed by atoms with Crippen molar-refractivity contribution in [1.82, 2.24) is 0 Å². The van der Waals surface area contributed by atoms with E-state index in [0.717, 1.165) is 22.5 Å². The molecule has 0 spiro atoms. The van der Waals surface area contributed by atoms with Crippen LogP contribution in [-0.4, -0.2) is 18.3 Å². The van der Waals surface area contributed by atoms with Crippen molar-refractivity contribution in [2.75, 3.05) is 4.90 Å². The van der Waals surface area contributed by atoms with E-state index in [0.29, 0.717) is 0 Å². The summed E-state index contributed by atoms with van der Waals surface area (Å²) in [5.41, 5.74) is 3.61. The van der Waals surface area contributed by atoms with Crippen LogP contribution in [0, 0.1) is 0 Å². The van der Waals surface area contributed by atoms with Gasteiger partial charge in [-0.3, -0.25) is 0 Å². The number of benzene rings is 3. The molecule has 4 heteroatoms. The van der Waals surface area contributed by atoms with Gasteiger partial charge in [0.05, 0.1) is 11.2 Å². The van der Waals surface area contributed by atoms with Crippen molar-refractivity contribution < 1.29 is 9.31 Å². The molecule has 0 saturated carbocycles. The highest BCUT2D eigenvalue weighted by molar-refractivity contribution is 6.62. The molecule has 1 saturated heterocycles.